The molecule has 0 aliphatic carbocycles. The molecule has 0 unspecified atom stereocenters. The van der Waals surface area contributed by atoms with E-state index >= 15 is 0 Å². The van der Waals surface area contributed by atoms with Crippen LogP contribution in [0.15, 0.2) is 24.3 Å². The maximum Gasteiger partial charge on any atom is 0.222 e. The number of nitrogens with zero attached hydrogens (tertiary/aromatic N) is 4. The van der Waals surface area contributed by atoms with Crippen LogP contribution in [0.25, 0.3) is 10.9 Å². The Morgan fingerprint density at radius 3 is 2.60 bits per heavy atom. The molecule has 6 heteroatoms. The van der Waals surface area contributed by atoms with E-state index in [0.29, 0.717) is 24.7 Å². The SMILES string of the molecule is CC(C)CCC(=O)N1CCN(Cc2nc(N)c3ccccc3n2)CC1. The number of rotatable bonds is 5. The van der Waals surface area contributed by atoms with Crippen molar-refractivity contribution in [2.75, 3.05) is 31.9 Å². The number of hydrogen-bond acceptors (Lipinski definition) is 5. The minimum Gasteiger partial charge on any atom is -0.383 e. The summed E-state index contributed by atoms with van der Waals surface area (Å²) >= 11 is 0. The molecule has 0 atom stereocenters. The monoisotopic (exact) mass is 341 g/mol. The van der Waals surface area contributed by atoms with Crippen LogP contribution in [-0.2, 0) is 11.3 Å². The largest absolute Gasteiger partial charge is 0.383 e. The Hall–Kier alpha value is -2.21. The lowest BCUT2D eigenvalue weighted by atomic mass is 10.1. The molecule has 0 bridgehead atoms. The fraction of sp³-hybridized carbons (Fsp3) is 0.526. The number of nitrogens with two attached hydrogens (primary N) is 1. The molecule has 2 N–H and O–H groups in total. The average molecular weight is 341 g/mol. The summed E-state index contributed by atoms with van der Waals surface area (Å²) in [5, 5.41) is 0.895. The highest BCUT2D eigenvalue weighted by Crippen LogP contribution is 2.18. The van der Waals surface area contributed by atoms with E-state index in [-0.39, 0.29) is 5.91 Å². The molecule has 1 aliphatic heterocycles. The Morgan fingerprint density at radius 1 is 1.16 bits per heavy atom. The Labute approximate surface area is 149 Å². The van der Waals surface area contributed by atoms with Crippen molar-refractivity contribution < 1.29 is 4.79 Å². The molecular weight excluding hydrogens is 314 g/mol. The summed E-state index contributed by atoms with van der Waals surface area (Å²) in [6, 6.07) is 7.80. The van der Waals surface area contributed by atoms with Crippen LogP contribution in [0, 0.1) is 5.92 Å². The zero-order valence-corrected chi connectivity index (χ0v) is 15.1. The summed E-state index contributed by atoms with van der Waals surface area (Å²) in [7, 11) is 0. The van der Waals surface area contributed by atoms with Crippen molar-refractivity contribution in [3.63, 3.8) is 0 Å². The number of nitrogen functional groups attached to an aromatic ring is 1. The first kappa shape index (κ1) is 17.6. The van der Waals surface area contributed by atoms with Crippen LogP contribution in [0.5, 0.6) is 0 Å². The van der Waals surface area contributed by atoms with Crippen molar-refractivity contribution in [2.45, 2.75) is 33.2 Å². The van der Waals surface area contributed by atoms with Gasteiger partial charge in [0, 0.05) is 38.0 Å². The van der Waals surface area contributed by atoms with Crippen LogP contribution in [0.4, 0.5) is 5.82 Å². The highest BCUT2D eigenvalue weighted by Gasteiger charge is 2.21. The third-order valence-electron chi connectivity index (χ3n) is 4.70. The van der Waals surface area contributed by atoms with Crippen LogP contribution in [0.3, 0.4) is 0 Å². The van der Waals surface area contributed by atoms with Gasteiger partial charge in [0.2, 0.25) is 5.91 Å². The molecule has 6 nitrogen and oxygen atoms in total. The number of para-hydroxylation sites is 1. The standard InChI is InChI=1S/C19H27N5O/c1-14(2)7-8-18(25)24-11-9-23(10-12-24)13-17-21-16-6-4-3-5-15(16)19(20)22-17/h3-6,14H,7-13H2,1-2H3,(H2,20,21,22). The van der Waals surface area contributed by atoms with Crippen molar-refractivity contribution >= 4 is 22.6 Å². The van der Waals surface area contributed by atoms with Crippen LogP contribution >= 0.6 is 0 Å². The molecule has 0 radical (unpaired) electrons. The van der Waals surface area contributed by atoms with E-state index in [1.807, 2.05) is 29.2 Å². The van der Waals surface area contributed by atoms with Gasteiger partial charge < -0.3 is 10.6 Å². The van der Waals surface area contributed by atoms with E-state index < -0.39 is 0 Å². The number of hydrogen-bond donors (Lipinski definition) is 1. The van der Waals surface area contributed by atoms with Gasteiger partial charge in [0.05, 0.1) is 12.1 Å². The minimum absolute atomic E-state index is 0.277. The molecule has 1 aromatic carbocycles. The summed E-state index contributed by atoms with van der Waals surface area (Å²) in [6.45, 7) is 8.23. The number of benzene rings is 1. The third kappa shape index (κ3) is 4.45. The average Bonchev–Trinajstić information content (AvgIpc) is 2.60. The molecule has 2 heterocycles. The number of anilines is 1. The van der Waals surface area contributed by atoms with Crippen LogP contribution in [0.1, 0.15) is 32.5 Å². The van der Waals surface area contributed by atoms with E-state index in [2.05, 4.69) is 28.7 Å². The van der Waals surface area contributed by atoms with Gasteiger partial charge in [-0.3, -0.25) is 9.69 Å². The van der Waals surface area contributed by atoms with E-state index in [1.165, 1.54) is 0 Å². The normalized spacial score (nSPS) is 15.9. The molecular formula is C19H27N5O. The van der Waals surface area contributed by atoms with Crippen LogP contribution < -0.4 is 5.73 Å². The highest BCUT2D eigenvalue weighted by atomic mass is 16.2. The molecule has 1 aromatic heterocycles. The molecule has 1 fully saturated rings. The van der Waals surface area contributed by atoms with Gasteiger partial charge in [-0.1, -0.05) is 26.0 Å². The lowest BCUT2D eigenvalue weighted by Gasteiger charge is -2.34. The third-order valence-corrected chi connectivity index (χ3v) is 4.70. The molecule has 0 spiro atoms. The molecule has 2 aromatic rings. The van der Waals surface area contributed by atoms with Gasteiger partial charge in [0.15, 0.2) is 0 Å². The van der Waals surface area contributed by atoms with Gasteiger partial charge in [-0.25, -0.2) is 9.97 Å². The zero-order valence-electron chi connectivity index (χ0n) is 15.1. The summed E-state index contributed by atoms with van der Waals surface area (Å²) in [5.74, 6) is 2.12. The van der Waals surface area contributed by atoms with Gasteiger partial charge >= 0.3 is 0 Å². The van der Waals surface area contributed by atoms with Crippen molar-refractivity contribution in [3.8, 4) is 0 Å². The summed E-state index contributed by atoms with van der Waals surface area (Å²) in [4.78, 5) is 25.6. The first-order valence-corrected chi connectivity index (χ1v) is 9.04. The van der Waals surface area contributed by atoms with Crippen molar-refractivity contribution in [1.29, 1.82) is 0 Å². The van der Waals surface area contributed by atoms with Crippen molar-refractivity contribution in [2.24, 2.45) is 5.92 Å². The molecule has 3 rings (SSSR count). The Bertz CT molecular complexity index is 738. The van der Waals surface area contributed by atoms with E-state index in [1.54, 1.807) is 0 Å². The minimum atomic E-state index is 0.277. The highest BCUT2D eigenvalue weighted by molar-refractivity contribution is 5.87. The first-order valence-electron chi connectivity index (χ1n) is 9.04. The topological polar surface area (TPSA) is 75.4 Å². The second-order valence-corrected chi connectivity index (χ2v) is 7.13. The molecule has 1 saturated heterocycles. The lowest BCUT2D eigenvalue weighted by molar-refractivity contribution is -0.133. The maximum atomic E-state index is 12.2. The van der Waals surface area contributed by atoms with Gasteiger partial charge in [-0.2, -0.15) is 0 Å². The van der Waals surface area contributed by atoms with Crippen molar-refractivity contribution in [3.05, 3.63) is 30.1 Å². The fourth-order valence-electron chi connectivity index (χ4n) is 3.15. The predicted molar refractivity (Wildman–Crippen MR) is 99.9 cm³/mol. The molecule has 25 heavy (non-hydrogen) atoms. The number of carbonyl (C=O) groups excluding carboxylic acids is 1. The smallest absolute Gasteiger partial charge is 0.222 e. The summed E-state index contributed by atoms with van der Waals surface area (Å²) in [6.07, 6.45) is 1.62. The summed E-state index contributed by atoms with van der Waals surface area (Å²) < 4.78 is 0. The van der Waals surface area contributed by atoms with Gasteiger partial charge in [-0.05, 0) is 24.5 Å². The van der Waals surface area contributed by atoms with E-state index in [9.17, 15) is 4.79 Å². The number of aromatic nitrogens is 2. The Kier molecular flexibility index (Phi) is 5.48. The number of carbonyl (C=O) groups is 1. The quantitative estimate of drug-likeness (QED) is 0.903. The predicted octanol–water partition coefficient (Wildman–Crippen LogP) is 2.29. The first-order chi connectivity index (χ1) is 12.0. The number of amides is 1. The van der Waals surface area contributed by atoms with Crippen LogP contribution in [0.2, 0.25) is 0 Å². The van der Waals surface area contributed by atoms with Crippen LogP contribution in [-0.4, -0.2) is 51.9 Å². The number of fused-ring (bicyclic) bond motifs is 1. The Morgan fingerprint density at radius 2 is 1.88 bits per heavy atom. The molecule has 0 saturated carbocycles. The van der Waals surface area contributed by atoms with Crippen molar-refractivity contribution in [1.82, 2.24) is 19.8 Å². The van der Waals surface area contributed by atoms with Gasteiger partial charge in [0.25, 0.3) is 0 Å². The van der Waals surface area contributed by atoms with Gasteiger partial charge in [0.1, 0.15) is 11.6 Å². The lowest BCUT2D eigenvalue weighted by Crippen LogP contribution is -2.48. The molecule has 134 valence electrons. The van der Waals surface area contributed by atoms with E-state index in [4.69, 9.17) is 5.73 Å². The summed E-state index contributed by atoms with van der Waals surface area (Å²) in [5.41, 5.74) is 6.94. The number of piperazine rings is 1. The fourth-order valence-corrected chi connectivity index (χ4v) is 3.15. The second-order valence-electron chi connectivity index (χ2n) is 7.13. The maximum absolute atomic E-state index is 12.2. The zero-order chi connectivity index (χ0) is 17.8. The van der Waals surface area contributed by atoms with Gasteiger partial charge in [-0.15, -0.1) is 0 Å². The Balaban J connectivity index is 1.56. The second kappa shape index (κ2) is 7.78. The van der Waals surface area contributed by atoms with E-state index in [0.717, 1.165) is 49.3 Å². The molecule has 1 amide bonds. The molecule has 1 aliphatic rings.